The van der Waals surface area contributed by atoms with Crippen molar-refractivity contribution in [3.8, 4) is 0 Å². The van der Waals surface area contributed by atoms with Crippen molar-refractivity contribution in [3.63, 3.8) is 0 Å². The number of hydrogen-bond donors (Lipinski definition) is 1. The van der Waals surface area contributed by atoms with E-state index in [0.717, 1.165) is 33.9 Å². The molecule has 0 aliphatic heterocycles. The Balaban J connectivity index is 1.84. The van der Waals surface area contributed by atoms with E-state index in [9.17, 15) is 10.1 Å². The summed E-state index contributed by atoms with van der Waals surface area (Å²) in [6, 6.07) is 11.8. The average molecular weight is 327 g/mol. The summed E-state index contributed by atoms with van der Waals surface area (Å²) in [6.45, 7) is 4.62. The van der Waals surface area contributed by atoms with Gasteiger partial charge in [0, 0.05) is 12.6 Å². The van der Waals surface area contributed by atoms with Crippen molar-refractivity contribution in [1.29, 1.82) is 0 Å². The van der Waals surface area contributed by atoms with Gasteiger partial charge in [-0.15, -0.1) is 0 Å². The summed E-state index contributed by atoms with van der Waals surface area (Å²) in [6.07, 6.45) is 0.886. The molecule has 1 N–H and O–H groups in total. The Morgan fingerprint density at radius 2 is 2.00 bits per heavy atom. The van der Waals surface area contributed by atoms with Gasteiger partial charge < -0.3 is 5.32 Å². The number of thiazole rings is 1. The number of rotatable bonds is 5. The van der Waals surface area contributed by atoms with E-state index in [4.69, 9.17) is 0 Å². The number of anilines is 1. The van der Waals surface area contributed by atoms with Crippen molar-refractivity contribution < 1.29 is 4.92 Å². The van der Waals surface area contributed by atoms with Crippen LogP contribution in [0.3, 0.4) is 0 Å². The number of nitro benzene ring substituents is 1. The maximum absolute atomic E-state index is 11.2. The van der Waals surface area contributed by atoms with Crippen LogP contribution >= 0.6 is 11.3 Å². The molecule has 118 valence electrons. The van der Waals surface area contributed by atoms with Gasteiger partial charge >= 0.3 is 0 Å². The number of aryl methyl sites for hydroxylation is 2. The Bertz CT molecular complexity index is 859. The van der Waals surface area contributed by atoms with Crippen LogP contribution in [0.4, 0.5) is 10.8 Å². The molecule has 0 unspecified atom stereocenters. The van der Waals surface area contributed by atoms with Gasteiger partial charge in [-0.3, -0.25) is 10.1 Å². The fraction of sp³-hybridized carbons (Fsp3) is 0.235. The second kappa shape index (κ2) is 6.34. The molecule has 0 saturated heterocycles. The van der Waals surface area contributed by atoms with Gasteiger partial charge in [0.05, 0.1) is 9.62 Å². The van der Waals surface area contributed by atoms with Gasteiger partial charge in [-0.05, 0) is 37.0 Å². The zero-order chi connectivity index (χ0) is 16.4. The lowest BCUT2D eigenvalue weighted by Crippen LogP contribution is -2.04. The fourth-order valence-electron chi connectivity index (χ4n) is 2.48. The number of aromatic nitrogens is 1. The molecule has 5 nitrogen and oxygen atoms in total. The smallest absolute Gasteiger partial charge is 0.296 e. The SMILES string of the molecule is Cc1cc([N+](=O)[O-])c2nc(NCCc3ccccc3)sc2c1C. The monoisotopic (exact) mass is 327 g/mol. The first-order valence-electron chi connectivity index (χ1n) is 7.39. The lowest BCUT2D eigenvalue weighted by Gasteiger charge is -2.02. The molecule has 3 rings (SSSR count). The summed E-state index contributed by atoms with van der Waals surface area (Å²) >= 11 is 1.48. The molecule has 3 aromatic rings. The highest BCUT2D eigenvalue weighted by molar-refractivity contribution is 7.22. The predicted octanol–water partition coefficient (Wildman–Crippen LogP) is 4.48. The highest BCUT2D eigenvalue weighted by Crippen LogP contribution is 2.36. The van der Waals surface area contributed by atoms with Gasteiger partial charge in [-0.25, -0.2) is 4.98 Å². The summed E-state index contributed by atoms with van der Waals surface area (Å²) < 4.78 is 0.888. The van der Waals surface area contributed by atoms with E-state index in [1.807, 2.05) is 32.0 Å². The first kappa shape index (κ1) is 15.4. The molecule has 23 heavy (non-hydrogen) atoms. The number of hydrogen-bond acceptors (Lipinski definition) is 5. The van der Waals surface area contributed by atoms with Gasteiger partial charge in [0.1, 0.15) is 0 Å². The topological polar surface area (TPSA) is 68.1 Å². The average Bonchev–Trinajstić information content (AvgIpc) is 2.96. The third-order valence-corrected chi connectivity index (χ3v) is 5.02. The summed E-state index contributed by atoms with van der Waals surface area (Å²) in [4.78, 5) is 15.3. The first-order valence-corrected chi connectivity index (χ1v) is 8.21. The van der Waals surface area contributed by atoms with Gasteiger partial charge in [0.15, 0.2) is 10.6 Å². The molecule has 1 heterocycles. The molecule has 0 radical (unpaired) electrons. The van der Waals surface area contributed by atoms with Crippen LogP contribution in [-0.2, 0) is 6.42 Å². The Kier molecular flexibility index (Phi) is 4.25. The quantitative estimate of drug-likeness (QED) is 0.554. The van der Waals surface area contributed by atoms with Crippen LogP contribution in [0.25, 0.3) is 10.2 Å². The van der Waals surface area contributed by atoms with Crippen molar-refractivity contribution >= 4 is 32.4 Å². The second-order valence-corrected chi connectivity index (χ2v) is 6.45. The molecule has 0 fully saturated rings. The molecule has 0 aliphatic carbocycles. The number of benzene rings is 2. The maximum atomic E-state index is 11.2. The summed E-state index contributed by atoms with van der Waals surface area (Å²) in [5, 5.41) is 15.2. The Morgan fingerprint density at radius 3 is 2.70 bits per heavy atom. The minimum absolute atomic E-state index is 0.0791. The molecule has 1 aromatic heterocycles. The largest absolute Gasteiger partial charge is 0.361 e. The van der Waals surface area contributed by atoms with Crippen LogP contribution in [0, 0.1) is 24.0 Å². The molecule has 0 amide bonds. The number of nitrogens with one attached hydrogen (secondary N) is 1. The lowest BCUT2D eigenvalue weighted by molar-refractivity contribution is -0.383. The van der Waals surface area contributed by atoms with E-state index in [1.165, 1.54) is 16.9 Å². The third-order valence-electron chi connectivity index (χ3n) is 3.88. The number of non-ortho nitro benzene ring substituents is 1. The van der Waals surface area contributed by atoms with Crippen molar-refractivity contribution in [1.82, 2.24) is 4.98 Å². The van der Waals surface area contributed by atoms with Crippen molar-refractivity contribution in [2.45, 2.75) is 20.3 Å². The normalized spacial score (nSPS) is 10.9. The van der Waals surface area contributed by atoms with Crippen molar-refractivity contribution in [2.24, 2.45) is 0 Å². The molecule has 0 aliphatic rings. The van der Waals surface area contributed by atoms with Crippen LogP contribution in [0.1, 0.15) is 16.7 Å². The van der Waals surface area contributed by atoms with E-state index in [-0.39, 0.29) is 10.6 Å². The van der Waals surface area contributed by atoms with Gasteiger partial charge in [0.2, 0.25) is 0 Å². The number of fused-ring (bicyclic) bond motifs is 1. The summed E-state index contributed by atoms with van der Waals surface area (Å²) in [5.41, 5.74) is 3.78. The van der Waals surface area contributed by atoms with Gasteiger partial charge in [-0.2, -0.15) is 0 Å². The van der Waals surface area contributed by atoms with Crippen LogP contribution in [0.15, 0.2) is 36.4 Å². The van der Waals surface area contributed by atoms with Crippen LogP contribution in [0.2, 0.25) is 0 Å². The fourth-order valence-corrected chi connectivity index (χ4v) is 3.55. The van der Waals surface area contributed by atoms with E-state index in [1.54, 1.807) is 6.07 Å². The molecule has 0 bridgehead atoms. The van der Waals surface area contributed by atoms with Crippen LogP contribution < -0.4 is 5.32 Å². The molecule has 2 aromatic carbocycles. The summed E-state index contributed by atoms with van der Waals surface area (Å²) in [5.74, 6) is 0. The van der Waals surface area contributed by atoms with Gasteiger partial charge in [0.25, 0.3) is 5.69 Å². The molecular weight excluding hydrogens is 310 g/mol. The molecule has 0 spiro atoms. The van der Waals surface area contributed by atoms with Gasteiger partial charge in [-0.1, -0.05) is 41.7 Å². The molecule has 0 atom stereocenters. The standard InChI is InChI=1S/C17H17N3O2S/c1-11-10-14(20(21)22)15-16(12(11)2)23-17(19-15)18-9-8-13-6-4-3-5-7-13/h3-7,10H,8-9H2,1-2H3,(H,18,19). The molecular formula is C17H17N3O2S. The third kappa shape index (κ3) is 3.17. The summed E-state index contributed by atoms with van der Waals surface area (Å²) in [7, 11) is 0. The van der Waals surface area contributed by atoms with Crippen LogP contribution in [-0.4, -0.2) is 16.5 Å². The minimum Gasteiger partial charge on any atom is -0.361 e. The van der Waals surface area contributed by atoms with E-state index < -0.39 is 0 Å². The maximum Gasteiger partial charge on any atom is 0.296 e. The molecule has 6 heteroatoms. The zero-order valence-electron chi connectivity index (χ0n) is 13.0. The lowest BCUT2D eigenvalue weighted by atomic mass is 10.1. The minimum atomic E-state index is -0.359. The van der Waals surface area contributed by atoms with Crippen molar-refractivity contribution in [2.75, 3.05) is 11.9 Å². The van der Waals surface area contributed by atoms with E-state index >= 15 is 0 Å². The zero-order valence-corrected chi connectivity index (χ0v) is 13.8. The number of nitro groups is 1. The van der Waals surface area contributed by atoms with Crippen molar-refractivity contribution in [3.05, 3.63) is 63.2 Å². The Labute approximate surface area is 138 Å². The Morgan fingerprint density at radius 1 is 1.26 bits per heavy atom. The number of nitrogens with zero attached hydrogens (tertiary/aromatic N) is 2. The van der Waals surface area contributed by atoms with Crippen LogP contribution in [0.5, 0.6) is 0 Å². The molecule has 0 saturated carbocycles. The first-order chi connectivity index (χ1) is 11.1. The highest BCUT2D eigenvalue weighted by Gasteiger charge is 2.19. The Hall–Kier alpha value is -2.47. The predicted molar refractivity (Wildman–Crippen MR) is 94.4 cm³/mol. The van der Waals surface area contributed by atoms with E-state index in [2.05, 4.69) is 22.4 Å². The second-order valence-electron chi connectivity index (χ2n) is 5.45. The van der Waals surface area contributed by atoms with E-state index in [0.29, 0.717) is 5.52 Å². The highest BCUT2D eigenvalue weighted by atomic mass is 32.1.